The fourth-order valence-electron chi connectivity index (χ4n) is 3.14. The van der Waals surface area contributed by atoms with Crippen LogP contribution in [0.15, 0.2) is 82.6 Å². The van der Waals surface area contributed by atoms with E-state index in [1.807, 2.05) is 6.07 Å². The van der Waals surface area contributed by atoms with Crippen LogP contribution in [0.1, 0.15) is 17.2 Å². The van der Waals surface area contributed by atoms with Crippen LogP contribution in [0, 0.1) is 0 Å². The Labute approximate surface area is 198 Å². The topological polar surface area (TPSA) is 119 Å². The van der Waals surface area contributed by atoms with Gasteiger partial charge in [0.2, 0.25) is 9.84 Å². The van der Waals surface area contributed by atoms with Gasteiger partial charge in [-0.15, -0.1) is 0 Å². The number of aliphatic hydroxyl groups excluding tert-OH is 1. The van der Waals surface area contributed by atoms with Crippen molar-refractivity contribution in [3.05, 3.63) is 88.9 Å². The summed E-state index contributed by atoms with van der Waals surface area (Å²) >= 11 is 5.95. The molecule has 0 aliphatic rings. The number of nitrogens with one attached hydrogen (secondary N) is 1. The highest BCUT2D eigenvalue weighted by Crippen LogP contribution is 2.23. The molecule has 9 heteroatoms. The van der Waals surface area contributed by atoms with Crippen LogP contribution < -0.4 is 15.8 Å². The van der Waals surface area contributed by atoms with Gasteiger partial charge in [-0.2, -0.15) is 0 Å². The van der Waals surface area contributed by atoms with E-state index in [2.05, 4.69) is 5.32 Å². The molecule has 3 aromatic carbocycles. The second kappa shape index (κ2) is 11.3. The molecule has 3 rings (SSSR count). The SMILES string of the molecule is NC(=O)COc1ccc(S(=O)(=O)c2ccc(CCNCC(O)c3cccc(Cl)c3)cc2)cc1. The van der Waals surface area contributed by atoms with Gasteiger partial charge in [0, 0.05) is 11.6 Å². The van der Waals surface area contributed by atoms with Gasteiger partial charge in [-0.25, -0.2) is 8.42 Å². The maximum absolute atomic E-state index is 12.9. The molecule has 0 aliphatic heterocycles. The molecule has 0 spiro atoms. The van der Waals surface area contributed by atoms with E-state index in [9.17, 15) is 18.3 Å². The molecular weight excluding hydrogens is 464 g/mol. The lowest BCUT2D eigenvalue weighted by molar-refractivity contribution is -0.119. The zero-order valence-corrected chi connectivity index (χ0v) is 19.4. The van der Waals surface area contributed by atoms with Crippen LogP contribution in [0.5, 0.6) is 5.75 Å². The van der Waals surface area contributed by atoms with Gasteiger partial charge in [0.1, 0.15) is 5.75 Å². The second-order valence-corrected chi connectivity index (χ2v) is 9.78. The Morgan fingerprint density at radius 3 is 2.27 bits per heavy atom. The largest absolute Gasteiger partial charge is 0.484 e. The first-order valence-corrected chi connectivity index (χ1v) is 12.1. The van der Waals surface area contributed by atoms with E-state index in [0.29, 0.717) is 30.3 Å². The van der Waals surface area contributed by atoms with Crippen molar-refractivity contribution in [2.24, 2.45) is 5.73 Å². The Hall–Kier alpha value is -2.91. The molecule has 3 aromatic rings. The van der Waals surface area contributed by atoms with E-state index in [1.54, 1.807) is 42.5 Å². The van der Waals surface area contributed by atoms with E-state index >= 15 is 0 Å². The van der Waals surface area contributed by atoms with Crippen molar-refractivity contribution in [3.63, 3.8) is 0 Å². The number of carbonyl (C=O) groups excluding carboxylic acids is 1. The van der Waals surface area contributed by atoms with Crippen LogP contribution in [-0.2, 0) is 21.1 Å². The van der Waals surface area contributed by atoms with Gasteiger partial charge in [0.05, 0.1) is 15.9 Å². The third-order valence-electron chi connectivity index (χ3n) is 4.91. The van der Waals surface area contributed by atoms with Gasteiger partial charge in [0.25, 0.3) is 5.91 Å². The summed E-state index contributed by atoms with van der Waals surface area (Å²) in [5, 5.41) is 14.0. The summed E-state index contributed by atoms with van der Waals surface area (Å²) in [5.74, 6) is -0.254. The summed E-state index contributed by atoms with van der Waals surface area (Å²) in [4.78, 5) is 11.1. The molecule has 1 unspecified atom stereocenters. The highest BCUT2D eigenvalue weighted by atomic mass is 35.5. The molecular formula is C24H25ClN2O5S. The molecule has 7 nitrogen and oxygen atoms in total. The number of amides is 1. The van der Waals surface area contributed by atoms with Crippen molar-refractivity contribution in [1.29, 1.82) is 0 Å². The van der Waals surface area contributed by atoms with Crippen molar-refractivity contribution in [2.45, 2.75) is 22.3 Å². The minimum Gasteiger partial charge on any atom is -0.484 e. The van der Waals surface area contributed by atoms with Gasteiger partial charge in [-0.05, 0) is 72.6 Å². The predicted octanol–water partition coefficient (Wildman–Crippen LogP) is 2.90. The second-order valence-electron chi connectivity index (χ2n) is 7.40. The van der Waals surface area contributed by atoms with Gasteiger partial charge in [-0.1, -0.05) is 35.9 Å². The maximum atomic E-state index is 12.9. The highest BCUT2D eigenvalue weighted by molar-refractivity contribution is 7.91. The average Bonchev–Trinajstić information content (AvgIpc) is 2.81. The quantitative estimate of drug-likeness (QED) is 0.357. The van der Waals surface area contributed by atoms with Crippen molar-refractivity contribution >= 4 is 27.3 Å². The van der Waals surface area contributed by atoms with Crippen molar-refractivity contribution in [2.75, 3.05) is 19.7 Å². The molecule has 0 fully saturated rings. The fourth-order valence-corrected chi connectivity index (χ4v) is 4.60. The minimum absolute atomic E-state index is 0.123. The average molecular weight is 489 g/mol. The molecule has 0 saturated heterocycles. The van der Waals surface area contributed by atoms with Crippen LogP contribution in [0.25, 0.3) is 0 Å². The Balaban J connectivity index is 1.53. The number of hydrogen-bond acceptors (Lipinski definition) is 6. The summed E-state index contributed by atoms with van der Waals surface area (Å²) < 4.78 is 30.9. The van der Waals surface area contributed by atoms with E-state index in [0.717, 1.165) is 11.1 Å². The van der Waals surface area contributed by atoms with Crippen LogP contribution in [0.3, 0.4) is 0 Å². The highest BCUT2D eigenvalue weighted by Gasteiger charge is 2.17. The van der Waals surface area contributed by atoms with Crippen molar-refractivity contribution in [3.8, 4) is 5.75 Å². The zero-order chi connectivity index (χ0) is 23.8. The van der Waals surface area contributed by atoms with Crippen LogP contribution in [0.2, 0.25) is 5.02 Å². The molecule has 0 saturated carbocycles. The summed E-state index contributed by atoms with van der Waals surface area (Å²) in [5.41, 5.74) is 6.74. The number of benzene rings is 3. The number of rotatable bonds is 11. The number of primary amides is 1. The standard InChI is InChI=1S/C24H25ClN2O5S/c25-19-3-1-2-18(14-19)23(28)15-27-13-12-17-4-8-21(9-5-17)33(30,31)22-10-6-20(7-11-22)32-16-24(26)29/h1-11,14,23,27-28H,12-13,15-16H2,(H2,26,29). The van der Waals surface area contributed by atoms with E-state index in [4.69, 9.17) is 22.1 Å². The summed E-state index contributed by atoms with van der Waals surface area (Å²) in [7, 11) is -3.68. The van der Waals surface area contributed by atoms with Gasteiger partial charge < -0.3 is 20.9 Å². The molecule has 174 valence electrons. The summed E-state index contributed by atoms with van der Waals surface area (Å²) in [6.07, 6.45) is 0.0119. The first kappa shape index (κ1) is 24.7. The van der Waals surface area contributed by atoms with Crippen LogP contribution >= 0.6 is 11.6 Å². The Kier molecular flexibility index (Phi) is 8.46. The predicted molar refractivity (Wildman–Crippen MR) is 126 cm³/mol. The molecule has 1 atom stereocenters. The summed E-state index contributed by atoms with van der Waals surface area (Å²) in [6.45, 7) is 0.727. The summed E-state index contributed by atoms with van der Waals surface area (Å²) in [6, 6.07) is 19.6. The van der Waals surface area contributed by atoms with Gasteiger partial charge in [-0.3, -0.25) is 4.79 Å². The zero-order valence-electron chi connectivity index (χ0n) is 17.8. The molecule has 0 aromatic heterocycles. The smallest absolute Gasteiger partial charge is 0.255 e. The lowest BCUT2D eigenvalue weighted by Gasteiger charge is -2.13. The minimum atomic E-state index is -3.68. The number of nitrogens with two attached hydrogens (primary N) is 1. The molecule has 1 amide bonds. The van der Waals surface area contributed by atoms with Crippen LogP contribution in [-0.4, -0.2) is 39.1 Å². The van der Waals surface area contributed by atoms with Crippen molar-refractivity contribution < 1.29 is 23.1 Å². The number of sulfone groups is 1. The van der Waals surface area contributed by atoms with E-state index in [1.165, 1.54) is 24.3 Å². The third-order valence-corrected chi connectivity index (χ3v) is 6.93. The molecule has 4 N–H and O–H groups in total. The first-order valence-electron chi connectivity index (χ1n) is 10.2. The van der Waals surface area contributed by atoms with Gasteiger partial charge >= 0.3 is 0 Å². The van der Waals surface area contributed by atoms with Crippen LogP contribution in [0.4, 0.5) is 0 Å². The number of carbonyl (C=O) groups is 1. The lowest BCUT2D eigenvalue weighted by atomic mass is 10.1. The molecule has 0 radical (unpaired) electrons. The van der Waals surface area contributed by atoms with E-state index < -0.39 is 21.8 Å². The Morgan fingerprint density at radius 2 is 1.67 bits per heavy atom. The molecule has 33 heavy (non-hydrogen) atoms. The van der Waals surface area contributed by atoms with Crippen molar-refractivity contribution in [1.82, 2.24) is 5.32 Å². The third kappa shape index (κ3) is 7.03. The fraction of sp³-hybridized carbons (Fsp3) is 0.208. The molecule has 0 heterocycles. The normalized spacial score (nSPS) is 12.3. The van der Waals surface area contributed by atoms with E-state index in [-0.39, 0.29) is 16.4 Å². The monoisotopic (exact) mass is 488 g/mol. The van der Waals surface area contributed by atoms with Gasteiger partial charge in [0.15, 0.2) is 6.61 Å². The molecule has 0 aliphatic carbocycles. The lowest BCUT2D eigenvalue weighted by Crippen LogP contribution is -2.23. The number of hydrogen-bond donors (Lipinski definition) is 3. The number of aliphatic hydroxyl groups is 1. The molecule has 0 bridgehead atoms. The number of halogens is 1. The Morgan fingerprint density at radius 1 is 1.03 bits per heavy atom. The maximum Gasteiger partial charge on any atom is 0.255 e. The number of ether oxygens (including phenoxy) is 1. The Bertz CT molecular complexity index is 1180. The first-order chi connectivity index (χ1) is 15.8.